The zero-order chi connectivity index (χ0) is 18.8. The lowest BCUT2D eigenvalue weighted by molar-refractivity contribution is -0.121. The first-order valence-electron chi connectivity index (χ1n) is 10.1. The molecule has 2 fully saturated rings. The maximum atomic E-state index is 12.0. The minimum atomic E-state index is 0. The van der Waals surface area contributed by atoms with Crippen LogP contribution in [-0.4, -0.2) is 75.3 Å². The molecular weight excluding hydrogens is 457 g/mol. The summed E-state index contributed by atoms with van der Waals surface area (Å²) in [6.07, 6.45) is 5.36. The minimum absolute atomic E-state index is 0. The number of hydrogen-bond donors (Lipinski definition) is 3. The van der Waals surface area contributed by atoms with Crippen molar-refractivity contribution < 1.29 is 9.53 Å². The van der Waals surface area contributed by atoms with Crippen LogP contribution in [0.3, 0.4) is 0 Å². The summed E-state index contributed by atoms with van der Waals surface area (Å²) in [5, 5.41) is 9.64. The van der Waals surface area contributed by atoms with Crippen molar-refractivity contribution >= 4 is 35.8 Å². The molecule has 27 heavy (non-hydrogen) atoms. The van der Waals surface area contributed by atoms with Gasteiger partial charge < -0.3 is 20.7 Å². The van der Waals surface area contributed by atoms with Crippen molar-refractivity contribution in [1.29, 1.82) is 0 Å². The molecule has 1 aliphatic carbocycles. The van der Waals surface area contributed by atoms with Gasteiger partial charge in [-0.05, 0) is 18.8 Å². The van der Waals surface area contributed by atoms with E-state index in [1.165, 1.54) is 12.8 Å². The van der Waals surface area contributed by atoms with E-state index in [1.807, 2.05) is 0 Å². The summed E-state index contributed by atoms with van der Waals surface area (Å²) in [6, 6.07) is 0.386. The molecule has 1 saturated carbocycles. The number of carbonyl (C=O) groups is 1. The highest BCUT2D eigenvalue weighted by molar-refractivity contribution is 14.0. The average Bonchev–Trinajstić information content (AvgIpc) is 3.10. The number of guanidine groups is 1. The van der Waals surface area contributed by atoms with Crippen LogP contribution in [0.25, 0.3) is 0 Å². The van der Waals surface area contributed by atoms with Crippen molar-refractivity contribution in [3.63, 3.8) is 0 Å². The lowest BCUT2D eigenvalue weighted by Crippen LogP contribution is -2.50. The van der Waals surface area contributed by atoms with Gasteiger partial charge in [-0.25, -0.2) is 0 Å². The molecule has 0 radical (unpaired) electrons. The first-order valence-corrected chi connectivity index (χ1v) is 10.1. The minimum Gasteiger partial charge on any atom is -0.374 e. The first kappa shape index (κ1) is 24.4. The predicted octanol–water partition coefficient (Wildman–Crippen LogP) is 1.58. The molecule has 1 heterocycles. The van der Waals surface area contributed by atoms with Crippen molar-refractivity contribution in [2.75, 3.05) is 46.4 Å². The summed E-state index contributed by atoms with van der Waals surface area (Å²) in [7, 11) is 1.75. The van der Waals surface area contributed by atoms with Crippen LogP contribution in [0.5, 0.6) is 0 Å². The zero-order valence-electron chi connectivity index (χ0n) is 17.1. The fraction of sp³-hybridized carbons (Fsp3) is 0.895. The van der Waals surface area contributed by atoms with E-state index >= 15 is 0 Å². The van der Waals surface area contributed by atoms with Gasteiger partial charge in [-0.1, -0.05) is 26.7 Å². The van der Waals surface area contributed by atoms with Crippen LogP contribution in [0, 0.1) is 5.92 Å². The summed E-state index contributed by atoms with van der Waals surface area (Å²) < 4.78 is 5.85. The molecule has 1 aliphatic heterocycles. The van der Waals surface area contributed by atoms with Crippen LogP contribution in [0.2, 0.25) is 0 Å². The van der Waals surface area contributed by atoms with E-state index in [2.05, 4.69) is 39.7 Å². The Labute approximate surface area is 181 Å². The fourth-order valence-corrected chi connectivity index (χ4v) is 3.68. The van der Waals surface area contributed by atoms with E-state index < -0.39 is 0 Å². The Hall–Kier alpha value is -0.610. The molecule has 7 nitrogen and oxygen atoms in total. The third kappa shape index (κ3) is 9.94. The van der Waals surface area contributed by atoms with E-state index in [0.29, 0.717) is 24.9 Å². The third-order valence-electron chi connectivity index (χ3n) is 4.93. The van der Waals surface area contributed by atoms with E-state index in [4.69, 9.17) is 4.74 Å². The number of nitrogens with zero attached hydrogens (tertiary/aromatic N) is 2. The van der Waals surface area contributed by atoms with Gasteiger partial charge >= 0.3 is 0 Å². The quantitative estimate of drug-likeness (QED) is 0.271. The average molecular weight is 495 g/mol. The number of nitrogens with one attached hydrogen (secondary N) is 3. The molecule has 3 N–H and O–H groups in total. The highest BCUT2D eigenvalue weighted by Crippen LogP contribution is 2.17. The molecule has 2 rings (SSSR count). The summed E-state index contributed by atoms with van der Waals surface area (Å²) in [5.41, 5.74) is 0. The molecular formula is C19H38IN5O2. The van der Waals surface area contributed by atoms with Crippen LogP contribution in [0.15, 0.2) is 4.99 Å². The van der Waals surface area contributed by atoms with Gasteiger partial charge in [0.25, 0.3) is 0 Å². The molecule has 1 atom stereocenters. The maximum absolute atomic E-state index is 12.0. The number of halogens is 1. The largest absolute Gasteiger partial charge is 0.374 e. The summed E-state index contributed by atoms with van der Waals surface area (Å²) in [5.74, 6) is 1.52. The molecule has 0 aromatic heterocycles. The van der Waals surface area contributed by atoms with Crippen molar-refractivity contribution in [3.8, 4) is 0 Å². The Kier molecular flexibility index (Phi) is 12.3. The number of ether oxygens (including phenoxy) is 1. The van der Waals surface area contributed by atoms with Gasteiger partial charge in [-0.2, -0.15) is 0 Å². The second-order valence-electron chi connectivity index (χ2n) is 7.83. The van der Waals surface area contributed by atoms with Crippen molar-refractivity contribution in [1.82, 2.24) is 20.9 Å². The number of amides is 1. The second kappa shape index (κ2) is 13.5. The number of morpholine rings is 1. The summed E-state index contributed by atoms with van der Waals surface area (Å²) in [6.45, 7) is 9.67. The van der Waals surface area contributed by atoms with Gasteiger partial charge in [0, 0.05) is 52.2 Å². The van der Waals surface area contributed by atoms with Gasteiger partial charge in [0.1, 0.15) is 0 Å². The zero-order valence-corrected chi connectivity index (χ0v) is 19.5. The molecule has 1 unspecified atom stereocenters. The van der Waals surface area contributed by atoms with Crippen LogP contribution < -0.4 is 16.0 Å². The summed E-state index contributed by atoms with van der Waals surface area (Å²) in [4.78, 5) is 18.7. The Bertz CT molecular complexity index is 455. The lowest BCUT2D eigenvalue weighted by Gasteiger charge is -2.34. The van der Waals surface area contributed by atoms with Gasteiger partial charge in [-0.15, -0.1) is 24.0 Å². The molecule has 0 bridgehead atoms. The summed E-state index contributed by atoms with van der Waals surface area (Å²) >= 11 is 0. The highest BCUT2D eigenvalue weighted by Gasteiger charge is 2.21. The van der Waals surface area contributed by atoms with Crippen molar-refractivity contribution in [2.45, 2.75) is 58.1 Å². The molecule has 0 spiro atoms. The van der Waals surface area contributed by atoms with Gasteiger partial charge in [0.2, 0.25) is 5.91 Å². The molecule has 2 aliphatic rings. The Morgan fingerprint density at radius 2 is 2.00 bits per heavy atom. The highest BCUT2D eigenvalue weighted by atomic mass is 127. The van der Waals surface area contributed by atoms with Crippen LogP contribution in [0.1, 0.15) is 46.0 Å². The maximum Gasteiger partial charge on any atom is 0.221 e. The van der Waals surface area contributed by atoms with Crippen molar-refractivity contribution in [3.05, 3.63) is 0 Å². The van der Waals surface area contributed by atoms with Crippen LogP contribution >= 0.6 is 24.0 Å². The van der Waals surface area contributed by atoms with Gasteiger partial charge in [-0.3, -0.25) is 14.7 Å². The third-order valence-corrected chi connectivity index (χ3v) is 4.93. The number of hydrogen-bond acceptors (Lipinski definition) is 4. The van der Waals surface area contributed by atoms with Gasteiger partial charge in [0.15, 0.2) is 5.96 Å². The lowest BCUT2D eigenvalue weighted by atomic mass is 10.2. The SMILES string of the molecule is CN=C(NCCC(=O)NC1CCCC1)NCC1CN(CC(C)C)CCO1.I. The number of rotatable bonds is 8. The smallest absolute Gasteiger partial charge is 0.221 e. The molecule has 8 heteroatoms. The van der Waals surface area contributed by atoms with E-state index in [0.717, 1.165) is 51.6 Å². The molecule has 0 aromatic rings. The molecule has 158 valence electrons. The molecule has 1 amide bonds. The Morgan fingerprint density at radius 3 is 2.67 bits per heavy atom. The standard InChI is InChI=1S/C19H37N5O2.HI/c1-15(2)13-24-10-11-26-17(14-24)12-22-19(20-3)21-9-8-18(25)23-16-6-4-5-7-16;/h15-17H,4-14H2,1-3H3,(H,23,25)(H2,20,21,22);1H. The molecule has 0 aromatic carbocycles. The second-order valence-corrected chi connectivity index (χ2v) is 7.83. The normalized spacial score (nSPS) is 21.8. The topological polar surface area (TPSA) is 78.0 Å². The van der Waals surface area contributed by atoms with Crippen LogP contribution in [-0.2, 0) is 9.53 Å². The van der Waals surface area contributed by atoms with Crippen LogP contribution in [0.4, 0.5) is 0 Å². The van der Waals surface area contributed by atoms with E-state index in [9.17, 15) is 4.79 Å². The Morgan fingerprint density at radius 1 is 1.26 bits per heavy atom. The monoisotopic (exact) mass is 495 g/mol. The van der Waals surface area contributed by atoms with Crippen molar-refractivity contribution in [2.24, 2.45) is 10.9 Å². The Balaban J connectivity index is 0.00000364. The number of aliphatic imine (C=N–C) groups is 1. The molecule has 1 saturated heterocycles. The number of carbonyl (C=O) groups excluding carboxylic acids is 1. The van der Waals surface area contributed by atoms with E-state index in [-0.39, 0.29) is 36.0 Å². The predicted molar refractivity (Wildman–Crippen MR) is 121 cm³/mol. The first-order chi connectivity index (χ1) is 12.6. The van der Waals surface area contributed by atoms with Gasteiger partial charge in [0.05, 0.1) is 12.7 Å². The van der Waals surface area contributed by atoms with E-state index in [1.54, 1.807) is 7.05 Å². The fourth-order valence-electron chi connectivity index (χ4n) is 3.68.